The molecule has 188 valence electrons. The predicted octanol–water partition coefficient (Wildman–Crippen LogP) is 3.15. The zero-order valence-corrected chi connectivity index (χ0v) is 20.4. The van der Waals surface area contributed by atoms with E-state index in [1.807, 2.05) is 0 Å². The Hall–Kier alpha value is -3.36. The number of carbonyl (C=O) groups excluding carboxylic acids is 3. The smallest absolute Gasteiger partial charge is 0.415 e. The summed E-state index contributed by atoms with van der Waals surface area (Å²) in [5.41, 5.74) is 3.36. The van der Waals surface area contributed by atoms with Crippen LogP contribution in [0.4, 0.5) is 24.2 Å². The third-order valence-electron chi connectivity index (χ3n) is 4.84. The van der Waals surface area contributed by atoms with Crippen molar-refractivity contribution in [3.63, 3.8) is 0 Å². The Kier molecular flexibility index (Phi) is 7.50. The first-order valence-electron chi connectivity index (χ1n) is 10.6. The number of hydrogen-bond acceptors (Lipinski definition) is 6. The standard InChI is InChI=1S/C22H31F2N5O5/c1-9-13-15(17(25)30)18(27(8)19(31)33-21(2,3)4)29(26-13)12-10-14(16(23)24)28(11-12)20(32)34-22(5,6)7/h1,12,14,16H,10-11H2,2-8H3,(H2,25,30)/t12-,14+/m0/s1. The highest BCUT2D eigenvalue weighted by Crippen LogP contribution is 2.36. The number of nitrogens with two attached hydrogens (primary N) is 1. The Morgan fingerprint density at radius 2 is 1.74 bits per heavy atom. The molecule has 34 heavy (non-hydrogen) atoms. The van der Waals surface area contributed by atoms with Crippen molar-refractivity contribution in [2.45, 2.75) is 77.7 Å². The van der Waals surface area contributed by atoms with Gasteiger partial charge in [-0.25, -0.2) is 23.1 Å². The van der Waals surface area contributed by atoms with Crippen LogP contribution >= 0.6 is 0 Å². The third kappa shape index (κ3) is 5.95. The zero-order valence-electron chi connectivity index (χ0n) is 20.4. The van der Waals surface area contributed by atoms with Crippen molar-refractivity contribution in [1.82, 2.24) is 14.7 Å². The molecule has 1 aliphatic rings. The molecule has 3 amide bonds. The molecule has 1 aromatic rings. The van der Waals surface area contributed by atoms with Gasteiger partial charge in [-0.3, -0.25) is 14.6 Å². The zero-order chi connectivity index (χ0) is 26.2. The second-order valence-corrected chi connectivity index (χ2v) is 9.96. The van der Waals surface area contributed by atoms with Gasteiger partial charge in [-0.15, -0.1) is 6.42 Å². The van der Waals surface area contributed by atoms with Crippen molar-refractivity contribution in [3.8, 4) is 12.3 Å². The van der Waals surface area contributed by atoms with E-state index in [0.29, 0.717) is 0 Å². The van der Waals surface area contributed by atoms with Crippen LogP contribution in [0.2, 0.25) is 0 Å². The van der Waals surface area contributed by atoms with Gasteiger partial charge >= 0.3 is 12.2 Å². The number of likely N-dealkylation sites (tertiary alicyclic amines) is 1. The molecule has 1 aliphatic heterocycles. The Labute approximate surface area is 197 Å². The Bertz CT molecular complexity index is 1000. The maximum Gasteiger partial charge on any atom is 0.415 e. The third-order valence-corrected chi connectivity index (χ3v) is 4.84. The van der Waals surface area contributed by atoms with E-state index in [1.165, 1.54) is 11.7 Å². The summed E-state index contributed by atoms with van der Waals surface area (Å²) >= 11 is 0. The fourth-order valence-electron chi connectivity index (χ4n) is 3.54. The van der Waals surface area contributed by atoms with Gasteiger partial charge in [-0.1, -0.05) is 0 Å². The Morgan fingerprint density at radius 1 is 1.18 bits per heavy atom. The maximum atomic E-state index is 13.9. The lowest BCUT2D eigenvalue weighted by Gasteiger charge is -2.28. The van der Waals surface area contributed by atoms with Gasteiger partial charge < -0.3 is 15.2 Å². The van der Waals surface area contributed by atoms with Gasteiger partial charge in [-0.05, 0) is 53.9 Å². The minimum Gasteiger partial charge on any atom is -0.444 e. The molecule has 2 N–H and O–H groups in total. The second-order valence-electron chi connectivity index (χ2n) is 9.96. The number of nitrogens with zero attached hydrogens (tertiary/aromatic N) is 4. The normalized spacial score (nSPS) is 18.6. The number of halogens is 2. The van der Waals surface area contributed by atoms with Gasteiger partial charge in [0.25, 0.3) is 12.3 Å². The molecule has 12 heteroatoms. The molecule has 2 rings (SSSR count). The van der Waals surface area contributed by atoms with Gasteiger partial charge in [0, 0.05) is 13.6 Å². The minimum absolute atomic E-state index is 0.112. The van der Waals surface area contributed by atoms with Gasteiger partial charge in [0.15, 0.2) is 5.82 Å². The van der Waals surface area contributed by atoms with Crippen LogP contribution in [-0.2, 0) is 9.47 Å². The van der Waals surface area contributed by atoms with Crippen molar-refractivity contribution in [1.29, 1.82) is 0 Å². The molecule has 2 atom stereocenters. The van der Waals surface area contributed by atoms with Gasteiger partial charge in [0.2, 0.25) is 0 Å². The molecule has 0 saturated carbocycles. The van der Waals surface area contributed by atoms with Crippen LogP contribution < -0.4 is 10.6 Å². The number of primary amides is 1. The Balaban J connectivity index is 2.56. The number of hydrogen-bond donors (Lipinski definition) is 1. The molecule has 1 fully saturated rings. The van der Waals surface area contributed by atoms with Crippen LogP contribution in [0.5, 0.6) is 0 Å². The first kappa shape index (κ1) is 26.9. The first-order chi connectivity index (χ1) is 15.5. The molecular formula is C22H31F2N5O5. The van der Waals surface area contributed by atoms with Crippen LogP contribution in [0, 0.1) is 12.3 Å². The van der Waals surface area contributed by atoms with Crippen molar-refractivity contribution in [3.05, 3.63) is 11.3 Å². The molecule has 0 aromatic carbocycles. The van der Waals surface area contributed by atoms with Gasteiger partial charge in [0.05, 0.1) is 12.1 Å². The number of terminal acetylenes is 1. The van der Waals surface area contributed by atoms with Crippen molar-refractivity contribution in [2.24, 2.45) is 5.73 Å². The van der Waals surface area contributed by atoms with Gasteiger partial charge in [-0.2, -0.15) is 5.10 Å². The Morgan fingerprint density at radius 3 is 2.18 bits per heavy atom. The average Bonchev–Trinajstić information content (AvgIpc) is 3.26. The van der Waals surface area contributed by atoms with Crippen LogP contribution in [-0.4, -0.2) is 70.0 Å². The monoisotopic (exact) mass is 483 g/mol. The molecule has 0 spiro atoms. The summed E-state index contributed by atoms with van der Waals surface area (Å²) in [6.45, 7) is 9.60. The minimum atomic E-state index is -2.87. The molecule has 0 radical (unpaired) electrons. The topological polar surface area (TPSA) is 120 Å². The summed E-state index contributed by atoms with van der Waals surface area (Å²) in [6, 6.07) is -2.33. The van der Waals surface area contributed by atoms with Crippen LogP contribution in [0.25, 0.3) is 0 Å². The van der Waals surface area contributed by atoms with Gasteiger partial charge in [0.1, 0.15) is 22.5 Å². The van der Waals surface area contributed by atoms with Crippen LogP contribution in [0.15, 0.2) is 0 Å². The van der Waals surface area contributed by atoms with E-state index in [9.17, 15) is 23.2 Å². The number of carbonyl (C=O) groups is 3. The quantitative estimate of drug-likeness (QED) is 0.657. The van der Waals surface area contributed by atoms with E-state index in [1.54, 1.807) is 41.5 Å². The van der Waals surface area contributed by atoms with Crippen LogP contribution in [0.3, 0.4) is 0 Å². The lowest BCUT2D eigenvalue weighted by molar-refractivity contribution is -0.00234. The van der Waals surface area contributed by atoms with Crippen molar-refractivity contribution in [2.75, 3.05) is 18.5 Å². The summed E-state index contributed by atoms with van der Waals surface area (Å²) in [7, 11) is 1.32. The summed E-state index contributed by atoms with van der Waals surface area (Å²) in [5, 5.41) is 4.20. The highest BCUT2D eigenvalue weighted by molar-refractivity contribution is 6.03. The molecule has 0 unspecified atom stereocenters. The van der Waals surface area contributed by atoms with Crippen molar-refractivity contribution < 1.29 is 32.6 Å². The molecule has 2 heterocycles. The molecule has 1 saturated heterocycles. The predicted molar refractivity (Wildman–Crippen MR) is 120 cm³/mol. The highest BCUT2D eigenvalue weighted by atomic mass is 19.3. The fourth-order valence-corrected chi connectivity index (χ4v) is 3.54. The maximum absolute atomic E-state index is 13.9. The molecule has 1 aromatic heterocycles. The van der Waals surface area contributed by atoms with E-state index in [2.05, 4.69) is 11.0 Å². The number of aromatic nitrogens is 2. The van der Waals surface area contributed by atoms with Crippen molar-refractivity contribution >= 4 is 23.9 Å². The van der Waals surface area contributed by atoms with Crippen LogP contribution in [0.1, 0.15) is 70.1 Å². The lowest BCUT2D eigenvalue weighted by Crippen LogP contribution is -2.43. The largest absolute Gasteiger partial charge is 0.444 e. The lowest BCUT2D eigenvalue weighted by atomic mass is 10.1. The first-order valence-corrected chi connectivity index (χ1v) is 10.6. The molecular weight excluding hydrogens is 452 g/mol. The highest BCUT2D eigenvalue weighted by Gasteiger charge is 2.45. The summed E-state index contributed by atoms with van der Waals surface area (Å²) in [5.74, 6) is 1.16. The number of rotatable bonds is 4. The molecule has 0 bridgehead atoms. The fraction of sp³-hybridized carbons (Fsp3) is 0.636. The number of ether oxygens (including phenoxy) is 2. The molecule has 0 aliphatic carbocycles. The van der Waals surface area contributed by atoms with E-state index in [4.69, 9.17) is 21.6 Å². The summed E-state index contributed by atoms with van der Waals surface area (Å²) in [4.78, 5) is 39.5. The second kappa shape index (κ2) is 9.48. The summed E-state index contributed by atoms with van der Waals surface area (Å²) < 4.78 is 39.5. The number of alkyl halides is 2. The summed E-state index contributed by atoms with van der Waals surface area (Å²) in [6.07, 6.45) is 0.641. The SMILES string of the molecule is C#Cc1nn([C@H]2C[C@H](C(F)F)N(C(=O)OC(C)(C)C)C2)c(N(C)C(=O)OC(C)(C)C)c1C(N)=O. The number of anilines is 1. The molecule has 10 nitrogen and oxygen atoms in total. The van der Waals surface area contributed by atoms with E-state index in [0.717, 1.165) is 9.80 Å². The number of amides is 3. The van der Waals surface area contributed by atoms with E-state index < -0.39 is 47.8 Å². The average molecular weight is 484 g/mol. The van der Waals surface area contributed by atoms with E-state index >= 15 is 0 Å². The van der Waals surface area contributed by atoms with E-state index in [-0.39, 0.29) is 30.0 Å².